The second-order valence-corrected chi connectivity index (χ2v) is 11.9. The monoisotopic (exact) mass is 605 g/mol. The number of anilines is 1. The van der Waals surface area contributed by atoms with Crippen LogP contribution in [0.5, 0.6) is 0 Å². The molecule has 0 aliphatic rings. The Kier molecular flexibility index (Phi) is 9.75. The Labute approximate surface area is 231 Å². The molecular weight excluding hydrogens is 578 g/mol. The predicted octanol–water partition coefficient (Wildman–Crippen LogP) is 4.56. The normalized spacial score (nSPS) is 12.0. The van der Waals surface area contributed by atoms with Crippen LogP contribution in [0.15, 0.2) is 77.3 Å². The fourth-order valence-corrected chi connectivity index (χ4v) is 5.37. The van der Waals surface area contributed by atoms with Gasteiger partial charge in [0.2, 0.25) is 21.8 Å². The van der Waals surface area contributed by atoms with Gasteiger partial charge in [-0.25, -0.2) is 8.42 Å². The summed E-state index contributed by atoms with van der Waals surface area (Å²) in [6, 6.07) is 20.7. The summed E-state index contributed by atoms with van der Waals surface area (Å²) in [7, 11) is -2.33. The van der Waals surface area contributed by atoms with E-state index in [2.05, 4.69) is 21.2 Å². The van der Waals surface area contributed by atoms with Gasteiger partial charge in [-0.2, -0.15) is 0 Å². The average molecular weight is 607 g/mol. The molecule has 0 aromatic heterocycles. The van der Waals surface area contributed by atoms with Gasteiger partial charge in [0.1, 0.15) is 12.6 Å². The molecular formula is C27H29BrClN3O4S. The van der Waals surface area contributed by atoms with Gasteiger partial charge in [-0.15, -0.1) is 0 Å². The Balaban J connectivity index is 2.04. The van der Waals surface area contributed by atoms with E-state index in [1.54, 1.807) is 19.1 Å². The Bertz CT molecular complexity index is 1370. The lowest BCUT2D eigenvalue weighted by atomic mass is 10.0. The topological polar surface area (TPSA) is 86.8 Å². The number of amides is 2. The molecule has 0 saturated carbocycles. The van der Waals surface area contributed by atoms with E-state index in [-0.39, 0.29) is 24.6 Å². The third-order valence-corrected chi connectivity index (χ3v) is 7.92. The average Bonchev–Trinajstić information content (AvgIpc) is 2.86. The van der Waals surface area contributed by atoms with Crippen molar-refractivity contribution in [3.05, 3.63) is 99.0 Å². The van der Waals surface area contributed by atoms with Crippen molar-refractivity contribution in [2.24, 2.45) is 0 Å². The summed E-state index contributed by atoms with van der Waals surface area (Å²) in [4.78, 5) is 28.4. The van der Waals surface area contributed by atoms with Crippen molar-refractivity contribution >= 4 is 55.1 Å². The molecule has 0 radical (unpaired) electrons. The number of hydrogen-bond donors (Lipinski definition) is 1. The Hall–Kier alpha value is -2.88. The van der Waals surface area contributed by atoms with Crippen molar-refractivity contribution in [2.45, 2.75) is 25.9 Å². The van der Waals surface area contributed by atoms with Crippen LogP contribution in [0.4, 0.5) is 5.69 Å². The molecule has 0 aliphatic heterocycles. The Morgan fingerprint density at radius 1 is 1.00 bits per heavy atom. The number of likely N-dealkylation sites (N-methyl/N-ethyl adjacent to an activating group) is 1. The van der Waals surface area contributed by atoms with E-state index in [0.29, 0.717) is 5.02 Å². The second kappa shape index (κ2) is 12.6. The molecule has 196 valence electrons. The number of hydrogen-bond acceptors (Lipinski definition) is 4. The number of aryl methyl sites for hydroxylation is 1. The molecule has 0 aliphatic carbocycles. The Morgan fingerprint density at radius 2 is 1.68 bits per heavy atom. The van der Waals surface area contributed by atoms with Crippen molar-refractivity contribution in [3.8, 4) is 0 Å². The number of rotatable bonds is 10. The van der Waals surface area contributed by atoms with Gasteiger partial charge >= 0.3 is 0 Å². The first-order chi connectivity index (χ1) is 17.5. The lowest BCUT2D eigenvalue weighted by Crippen LogP contribution is -2.52. The maximum Gasteiger partial charge on any atom is 0.244 e. The molecule has 3 rings (SSSR count). The zero-order valence-electron chi connectivity index (χ0n) is 20.8. The molecule has 1 atom stereocenters. The summed E-state index contributed by atoms with van der Waals surface area (Å²) in [6.45, 7) is 1.42. The van der Waals surface area contributed by atoms with Crippen LogP contribution < -0.4 is 9.62 Å². The molecule has 0 saturated heterocycles. The van der Waals surface area contributed by atoms with Crippen molar-refractivity contribution < 1.29 is 18.0 Å². The maximum absolute atomic E-state index is 13.9. The molecule has 7 nitrogen and oxygen atoms in total. The first kappa shape index (κ1) is 28.7. The lowest BCUT2D eigenvalue weighted by molar-refractivity contribution is -0.139. The van der Waals surface area contributed by atoms with Gasteiger partial charge in [-0.1, -0.05) is 76.1 Å². The smallest absolute Gasteiger partial charge is 0.244 e. The van der Waals surface area contributed by atoms with Gasteiger partial charge in [0.25, 0.3) is 0 Å². The maximum atomic E-state index is 13.9. The molecule has 3 aromatic rings. The SMILES string of the molecule is CNC(=O)[C@H](Cc1ccccc1)N(Cc1cccc(Br)c1)C(=O)CN(c1ccc(C)c(Cl)c1)S(C)(=O)=O. The van der Waals surface area contributed by atoms with Gasteiger partial charge < -0.3 is 10.2 Å². The van der Waals surface area contributed by atoms with E-state index in [0.717, 1.165) is 31.7 Å². The summed E-state index contributed by atoms with van der Waals surface area (Å²) in [5.74, 6) is -0.872. The first-order valence-electron chi connectivity index (χ1n) is 11.5. The number of sulfonamides is 1. The van der Waals surface area contributed by atoms with Crippen LogP contribution in [0.3, 0.4) is 0 Å². The third kappa shape index (κ3) is 7.80. The molecule has 3 aromatic carbocycles. The van der Waals surface area contributed by atoms with Gasteiger partial charge in [-0.05, 0) is 47.9 Å². The van der Waals surface area contributed by atoms with Crippen LogP contribution in [0.2, 0.25) is 5.02 Å². The molecule has 1 N–H and O–H groups in total. The van der Waals surface area contributed by atoms with E-state index in [1.165, 1.54) is 18.0 Å². The molecule has 37 heavy (non-hydrogen) atoms. The molecule has 0 heterocycles. The second-order valence-electron chi connectivity index (χ2n) is 8.67. The number of carbonyl (C=O) groups is 2. The Morgan fingerprint density at radius 3 is 2.27 bits per heavy atom. The highest BCUT2D eigenvalue weighted by Gasteiger charge is 2.32. The molecule has 0 fully saturated rings. The number of benzene rings is 3. The number of carbonyl (C=O) groups excluding carboxylic acids is 2. The molecule has 10 heteroatoms. The largest absolute Gasteiger partial charge is 0.357 e. The number of nitrogens with one attached hydrogen (secondary N) is 1. The molecule has 2 amide bonds. The summed E-state index contributed by atoms with van der Waals surface area (Å²) in [5.41, 5.74) is 2.71. The minimum atomic E-state index is -3.85. The van der Waals surface area contributed by atoms with E-state index >= 15 is 0 Å². The van der Waals surface area contributed by atoms with Gasteiger partial charge in [0.05, 0.1) is 11.9 Å². The van der Waals surface area contributed by atoms with E-state index < -0.39 is 28.5 Å². The standard InChI is InChI=1S/C27H29BrClN3O4S/c1-19-12-13-23(16-24(19)29)32(37(3,35)36)18-26(33)31(17-21-10-7-11-22(28)14-21)25(27(34)30-2)15-20-8-5-4-6-9-20/h4-14,16,25H,15,17-18H2,1-3H3,(H,30,34)/t25-/m0/s1. The fraction of sp³-hybridized carbons (Fsp3) is 0.259. The number of halogens is 2. The third-order valence-electron chi connectivity index (χ3n) is 5.88. The zero-order chi connectivity index (χ0) is 27.2. The summed E-state index contributed by atoms with van der Waals surface area (Å²) < 4.78 is 27.4. The quantitative estimate of drug-likeness (QED) is 0.367. The van der Waals surface area contributed by atoms with Crippen LogP contribution >= 0.6 is 27.5 Å². The fourth-order valence-electron chi connectivity index (χ4n) is 3.90. The molecule has 0 bridgehead atoms. The van der Waals surface area contributed by atoms with Crippen LogP contribution in [0, 0.1) is 6.92 Å². The summed E-state index contributed by atoms with van der Waals surface area (Å²) in [5, 5.41) is 3.04. The summed E-state index contributed by atoms with van der Waals surface area (Å²) >= 11 is 9.71. The molecule has 0 unspecified atom stereocenters. The van der Waals surface area contributed by atoms with Crippen molar-refractivity contribution in [1.29, 1.82) is 0 Å². The minimum absolute atomic E-state index is 0.107. The summed E-state index contributed by atoms with van der Waals surface area (Å²) in [6.07, 6.45) is 1.29. The highest BCUT2D eigenvalue weighted by molar-refractivity contribution is 9.10. The van der Waals surface area contributed by atoms with E-state index in [1.807, 2.05) is 54.6 Å². The van der Waals surface area contributed by atoms with Crippen LogP contribution in [0.1, 0.15) is 16.7 Å². The minimum Gasteiger partial charge on any atom is -0.357 e. The van der Waals surface area contributed by atoms with Crippen molar-refractivity contribution in [1.82, 2.24) is 10.2 Å². The van der Waals surface area contributed by atoms with Gasteiger partial charge in [0.15, 0.2) is 0 Å². The van der Waals surface area contributed by atoms with Crippen molar-refractivity contribution in [3.63, 3.8) is 0 Å². The highest BCUT2D eigenvalue weighted by atomic mass is 79.9. The first-order valence-corrected chi connectivity index (χ1v) is 14.5. The predicted molar refractivity (Wildman–Crippen MR) is 151 cm³/mol. The van der Waals surface area contributed by atoms with E-state index in [9.17, 15) is 18.0 Å². The highest BCUT2D eigenvalue weighted by Crippen LogP contribution is 2.26. The van der Waals surface area contributed by atoms with Gasteiger partial charge in [-0.3, -0.25) is 13.9 Å². The van der Waals surface area contributed by atoms with Crippen LogP contribution in [-0.2, 0) is 32.6 Å². The van der Waals surface area contributed by atoms with Crippen LogP contribution in [-0.4, -0.2) is 51.0 Å². The number of nitrogens with zero attached hydrogens (tertiary/aromatic N) is 2. The van der Waals surface area contributed by atoms with E-state index in [4.69, 9.17) is 11.6 Å². The molecule has 0 spiro atoms. The lowest BCUT2D eigenvalue weighted by Gasteiger charge is -2.33. The zero-order valence-corrected chi connectivity index (χ0v) is 24.0. The van der Waals surface area contributed by atoms with Crippen molar-refractivity contribution in [2.75, 3.05) is 24.2 Å². The van der Waals surface area contributed by atoms with Crippen LogP contribution in [0.25, 0.3) is 0 Å². The van der Waals surface area contributed by atoms with Gasteiger partial charge in [0, 0.05) is 29.5 Å².